The summed E-state index contributed by atoms with van der Waals surface area (Å²) < 4.78 is 5.52. The summed E-state index contributed by atoms with van der Waals surface area (Å²) in [6, 6.07) is 0.892. The van der Waals surface area contributed by atoms with Crippen LogP contribution in [-0.2, 0) is 4.74 Å². The van der Waals surface area contributed by atoms with E-state index in [2.05, 4.69) is 9.80 Å². The van der Waals surface area contributed by atoms with Crippen molar-refractivity contribution in [2.24, 2.45) is 11.1 Å². The Kier molecular flexibility index (Phi) is 4.97. The van der Waals surface area contributed by atoms with Crippen LogP contribution in [0.1, 0.15) is 38.5 Å². The van der Waals surface area contributed by atoms with Crippen molar-refractivity contribution in [1.29, 1.82) is 0 Å². The molecule has 2 aliphatic heterocycles. The van der Waals surface area contributed by atoms with Crippen LogP contribution in [0.2, 0.25) is 0 Å². The van der Waals surface area contributed by atoms with Gasteiger partial charge in [-0.3, -0.25) is 4.90 Å². The fraction of sp³-hybridized carbons (Fsp3) is 1.00. The lowest BCUT2D eigenvalue weighted by molar-refractivity contribution is -0.0112. The minimum absolute atomic E-state index is 0.327. The van der Waals surface area contributed by atoms with Gasteiger partial charge in [-0.1, -0.05) is 12.8 Å². The number of hydrogen-bond acceptors (Lipinski definition) is 4. The molecule has 3 aliphatic rings. The third kappa shape index (κ3) is 3.35. The van der Waals surface area contributed by atoms with Gasteiger partial charge in [0.1, 0.15) is 0 Å². The topological polar surface area (TPSA) is 41.7 Å². The first-order chi connectivity index (χ1) is 9.81. The van der Waals surface area contributed by atoms with E-state index in [0.29, 0.717) is 5.41 Å². The highest BCUT2D eigenvalue weighted by Crippen LogP contribution is 2.31. The van der Waals surface area contributed by atoms with E-state index in [1.54, 1.807) is 0 Å². The number of hydrogen-bond donors (Lipinski definition) is 1. The summed E-state index contributed by atoms with van der Waals surface area (Å²) in [6.07, 6.45) is 8.05. The van der Waals surface area contributed by atoms with E-state index < -0.39 is 0 Å². The van der Waals surface area contributed by atoms with Crippen LogP contribution in [0, 0.1) is 5.41 Å². The van der Waals surface area contributed by atoms with Crippen molar-refractivity contribution < 1.29 is 4.74 Å². The normalized spacial score (nSPS) is 29.9. The van der Waals surface area contributed by atoms with Gasteiger partial charge in [0.25, 0.3) is 0 Å². The van der Waals surface area contributed by atoms with E-state index >= 15 is 0 Å². The predicted octanol–water partition coefficient (Wildman–Crippen LogP) is 1.30. The highest BCUT2D eigenvalue weighted by molar-refractivity contribution is 4.89. The molecule has 0 radical (unpaired) electrons. The molecule has 0 atom stereocenters. The van der Waals surface area contributed by atoms with Gasteiger partial charge in [-0.05, 0) is 37.6 Å². The third-order valence-electron chi connectivity index (χ3n) is 5.79. The molecule has 2 saturated heterocycles. The first-order valence-corrected chi connectivity index (χ1v) is 8.56. The lowest BCUT2D eigenvalue weighted by Gasteiger charge is -2.44. The molecule has 0 aromatic heterocycles. The summed E-state index contributed by atoms with van der Waals surface area (Å²) in [5.41, 5.74) is 6.42. The zero-order chi connectivity index (χ0) is 13.8. The van der Waals surface area contributed by atoms with Gasteiger partial charge in [0.05, 0.1) is 0 Å². The Morgan fingerprint density at radius 2 is 1.65 bits per heavy atom. The van der Waals surface area contributed by atoms with E-state index in [1.807, 2.05) is 0 Å². The van der Waals surface area contributed by atoms with Crippen molar-refractivity contribution in [3.8, 4) is 0 Å². The van der Waals surface area contributed by atoms with Crippen molar-refractivity contribution in [2.75, 3.05) is 52.5 Å². The Labute approximate surface area is 123 Å². The second kappa shape index (κ2) is 6.73. The second-order valence-electron chi connectivity index (χ2n) is 7.07. The highest BCUT2D eigenvalue weighted by atomic mass is 16.5. The average molecular weight is 281 g/mol. The molecule has 4 nitrogen and oxygen atoms in total. The van der Waals surface area contributed by atoms with Crippen LogP contribution in [0.25, 0.3) is 0 Å². The van der Waals surface area contributed by atoms with Crippen LogP contribution in [0.15, 0.2) is 0 Å². The van der Waals surface area contributed by atoms with Gasteiger partial charge in [0.2, 0.25) is 0 Å². The van der Waals surface area contributed by atoms with Crippen molar-refractivity contribution in [1.82, 2.24) is 9.80 Å². The Morgan fingerprint density at radius 3 is 2.25 bits per heavy atom. The van der Waals surface area contributed by atoms with Gasteiger partial charge in [-0.2, -0.15) is 0 Å². The highest BCUT2D eigenvalue weighted by Gasteiger charge is 2.34. The van der Waals surface area contributed by atoms with Gasteiger partial charge < -0.3 is 15.4 Å². The molecule has 0 bridgehead atoms. The summed E-state index contributed by atoms with van der Waals surface area (Å²) in [6.45, 7) is 8.81. The SMILES string of the molecule is NCC1(CN2CCN(C3CCCC3)CC2)CCOCC1. The Morgan fingerprint density at radius 1 is 1.00 bits per heavy atom. The summed E-state index contributed by atoms with van der Waals surface area (Å²) in [5.74, 6) is 0. The maximum Gasteiger partial charge on any atom is 0.0472 e. The van der Waals surface area contributed by atoms with Crippen LogP contribution in [0.3, 0.4) is 0 Å². The summed E-state index contributed by atoms with van der Waals surface area (Å²) in [7, 11) is 0. The summed E-state index contributed by atoms with van der Waals surface area (Å²) in [5, 5.41) is 0. The maximum absolute atomic E-state index is 6.09. The maximum atomic E-state index is 6.09. The lowest BCUT2D eigenvalue weighted by atomic mass is 9.79. The minimum atomic E-state index is 0.327. The molecule has 0 aromatic carbocycles. The van der Waals surface area contributed by atoms with Crippen molar-refractivity contribution in [3.63, 3.8) is 0 Å². The molecule has 1 saturated carbocycles. The van der Waals surface area contributed by atoms with Crippen LogP contribution in [0.4, 0.5) is 0 Å². The van der Waals surface area contributed by atoms with E-state index in [4.69, 9.17) is 10.5 Å². The summed E-state index contributed by atoms with van der Waals surface area (Å²) >= 11 is 0. The molecule has 3 fully saturated rings. The van der Waals surface area contributed by atoms with E-state index in [9.17, 15) is 0 Å². The third-order valence-corrected chi connectivity index (χ3v) is 5.79. The average Bonchev–Trinajstić information content (AvgIpc) is 3.03. The molecular formula is C16H31N3O. The quantitative estimate of drug-likeness (QED) is 0.843. The minimum Gasteiger partial charge on any atom is -0.381 e. The van der Waals surface area contributed by atoms with Crippen molar-refractivity contribution in [3.05, 3.63) is 0 Å². The van der Waals surface area contributed by atoms with Gasteiger partial charge in [-0.25, -0.2) is 0 Å². The van der Waals surface area contributed by atoms with Crippen LogP contribution >= 0.6 is 0 Å². The van der Waals surface area contributed by atoms with Gasteiger partial charge in [-0.15, -0.1) is 0 Å². The van der Waals surface area contributed by atoms with Crippen LogP contribution < -0.4 is 5.73 Å². The molecule has 4 heteroatoms. The number of ether oxygens (including phenoxy) is 1. The lowest BCUT2D eigenvalue weighted by Crippen LogP contribution is -2.54. The van der Waals surface area contributed by atoms with E-state index in [0.717, 1.165) is 38.6 Å². The molecule has 0 amide bonds. The predicted molar refractivity (Wildman–Crippen MR) is 81.8 cm³/mol. The van der Waals surface area contributed by atoms with E-state index in [1.165, 1.54) is 58.4 Å². The van der Waals surface area contributed by atoms with Crippen molar-refractivity contribution >= 4 is 0 Å². The monoisotopic (exact) mass is 281 g/mol. The molecule has 3 rings (SSSR count). The first-order valence-electron chi connectivity index (χ1n) is 8.56. The Balaban J connectivity index is 1.47. The molecule has 2 N–H and O–H groups in total. The number of piperazine rings is 1. The smallest absolute Gasteiger partial charge is 0.0472 e. The fourth-order valence-corrected chi connectivity index (χ4v) is 4.26. The van der Waals surface area contributed by atoms with Gasteiger partial charge in [0.15, 0.2) is 0 Å². The molecule has 0 aromatic rings. The fourth-order valence-electron chi connectivity index (χ4n) is 4.26. The van der Waals surface area contributed by atoms with Gasteiger partial charge in [0, 0.05) is 52.0 Å². The molecule has 0 unspecified atom stereocenters. The van der Waals surface area contributed by atoms with Crippen LogP contribution in [-0.4, -0.2) is 68.3 Å². The van der Waals surface area contributed by atoms with Crippen LogP contribution in [0.5, 0.6) is 0 Å². The second-order valence-corrected chi connectivity index (χ2v) is 7.07. The number of nitrogens with zero attached hydrogens (tertiary/aromatic N) is 2. The molecule has 2 heterocycles. The first kappa shape index (κ1) is 14.8. The number of nitrogens with two attached hydrogens (primary N) is 1. The molecule has 20 heavy (non-hydrogen) atoms. The molecule has 116 valence electrons. The zero-order valence-corrected chi connectivity index (χ0v) is 12.9. The Bertz CT molecular complexity index is 290. The van der Waals surface area contributed by atoms with Gasteiger partial charge >= 0.3 is 0 Å². The van der Waals surface area contributed by atoms with E-state index in [-0.39, 0.29) is 0 Å². The molecule has 1 aliphatic carbocycles. The number of rotatable bonds is 4. The Hall–Kier alpha value is -0.160. The largest absolute Gasteiger partial charge is 0.381 e. The standard InChI is InChI=1S/C16H31N3O/c17-13-16(5-11-20-12-6-16)14-18-7-9-19(10-8-18)15-3-1-2-4-15/h15H,1-14,17H2. The van der Waals surface area contributed by atoms with Crippen molar-refractivity contribution in [2.45, 2.75) is 44.6 Å². The zero-order valence-electron chi connectivity index (χ0n) is 12.9. The molecular weight excluding hydrogens is 250 g/mol. The summed E-state index contributed by atoms with van der Waals surface area (Å²) in [4.78, 5) is 5.40. The molecule has 0 spiro atoms.